The van der Waals surface area contributed by atoms with Crippen LogP contribution in [0.15, 0.2) is 30.3 Å². The normalized spacial score (nSPS) is 30.1. The third kappa shape index (κ3) is 5.01. The fourth-order valence-corrected chi connectivity index (χ4v) is 6.57. The van der Waals surface area contributed by atoms with Gasteiger partial charge in [-0.3, -0.25) is 4.79 Å². The highest BCUT2D eigenvalue weighted by Crippen LogP contribution is 2.56. The van der Waals surface area contributed by atoms with Gasteiger partial charge in [0.25, 0.3) is 0 Å². The summed E-state index contributed by atoms with van der Waals surface area (Å²) in [5, 5.41) is 13.4. The Morgan fingerprint density at radius 2 is 1.65 bits per heavy atom. The van der Waals surface area contributed by atoms with Crippen LogP contribution in [-0.4, -0.2) is 28.9 Å². The SMILES string of the molecule is O=C(O)C12CCC(NCc3ccc4c(C(F)(F)F)c(OC5CCC(C(F)(F)F)CC5)ccc4c3)(CC1)C2. The van der Waals surface area contributed by atoms with Crippen molar-refractivity contribution >= 4 is 16.7 Å². The lowest BCUT2D eigenvalue weighted by atomic mass is 9.84. The Hall–Kier alpha value is -2.49. The van der Waals surface area contributed by atoms with Crippen LogP contribution in [0.1, 0.15) is 68.9 Å². The van der Waals surface area contributed by atoms with Crippen LogP contribution in [0, 0.1) is 11.3 Å². The standard InChI is InChI=1S/C27H29F6NO3/c28-26(29,30)18-3-5-19(6-4-18)37-21-8-2-17-13-16(1-7-20(17)22(21)27(31,32)33)14-34-25-11-9-24(15-25,10-12-25)23(35)36/h1-2,7-8,13,18-19,34H,3-6,9-12,14-15H2,(H,35,36). The number of fused-ring (bicyclic) bond motifs is 3. The highest BCUT2D eigenvalue weighted by Gasteiger charge is 2.58. The number of rotatable bonds is 6. The molecule has 5 rings (SSSR count). The number of halogens is 6. The van der Waals surface area contributed by atoms with Gasteiger partial charge in [-0.15, -0.1) is 0 Å². The number of hydrogen-bond acceptors (Lipinski definition) is 3. The number of aliphatic carboxylic acids is 1. The topological polar surface area (TPSA) is 58.6 Å². The molecule has 2 aromatic carbocycles. The van der Waals surface area contributed by atoms with E-state index in [-0.39, 0.29) is 42.4 Å². The molecule has 0 radical (unpaired) electrons. The molecule has 0 saturated heterocycles. The van der Waals surface area contributed by atoms with Gasteiger partial charge >= 0.3 is 18.3 Å². The summed E-state index contributed by atoms with van der Waals surface area (Å²) in [6.07, 6.45) is -6.58. The van der Waals surface area contributed by atoms with Gasteiger partial charge in [0.05, 0.1) is 17.4 Å². The van der Waals surface area contributed by atoms with Gasteiger partial charge in [-0.1, -0.05) is 18.2 Å². The van der Waals surface area contributed by atoms with E-state index in [2.05, 4.69) is 5.32 Å². The molecule has 0 unspecified atom stereocenters. The zero-order chi connectivity index (χ0) is 26.6. The Balaban J connectivity index is 1.32. The predicted octanol–water partition coefficient (Wildman–Crippen LogP) is 7.24. The summed E-state index contributed by atoms with van der Waals surface area (Å²) in [7, 11) is 0. The molecule has 2 bridgehead atoms. The largest absolute Gasteiger partial charge is 0.490 e. The molecule has 2 aromatic rings. The van der Waals surface area contributed by atoms with Gasteiger partial charge in [-0.2, -0.15) is 26.3 Å². The number of ether oxygens (including phenoxy) is 1. The van der Waals surface area contributed by atoms with E-state index in [1.807, 2.05) is 0 Å². The summed E-state index contributed by atoms with van der Waals surface area (Å²) in [5.41, 5.74) is -1.05. The molecule has 202 valence electrons. The lowest BCUT2D eigenvalue weighted by molar-refractivity contribution is -0.185. The molecule has 0 amide bonds. The van der Waals surface area contributed by atoms with Crippen molar-refractivity contribution in [2.24, 2.45) is 11.3 Å². The first kappa shape index (κ1) is 26.1. The molecular formula is C27H29F6NO3. The molecule has 0 atom stereocenters. The number of carboxylic acids is 1. The molecule has 3 aliphatic carbocycles. The second-order valence-corrected chi connectivity index (χ2v) is 11.0. The second kappa shape index (κ2) is 9.06. The Morgan fingerprint density at radius 1 is 0.973 bits per heavy atom. The number of benzene rings is 2. The Labute approximate surface area is 210 Å². The quantitative estimate of drug-likeness (QED) is 0.388. The molecule has 0 heterocycles. The maximum absolute atomic E-state index is 14.1. The van der Waals surface area contributed by atoms with E-state index in [1.54, 1.807) is 18.2 Å². The molecule has 2 N–H and O–H groups in total. The van der Waals surface area contributed by atoms with Crippen molar-refractivity contribution in [3.8, 4) is 5.75 Å². The van der Waals surface area contributed by atoms with Crippen LogP contribution in [0.5, 0.6) is 5.75 Å². The van der Waals surface area contributed by atoms with Crippen LogP contribution in [0.2, 0.25) is 0 Å². The van der Waals surface area contributed by atoms with Crippen molar-refractivity contribution in [1.82, 2.24) is 5.32 Å². The van der Waals surface area contributed by atoms with Crippen LogP contribution in [0.25, 0.3) is 10.8 Å². The minimum absolute atomic E-state index is 0.0254. The first-order chi connectivity index (χ1) is 17.3. The fourth-order valence-electron chi connectivity index (χ4n) is 6.57. The molecule has 0 spiro atoms. The monoisotopic (exact) mass is 529 g/mol. The molecule has 3 aliphatic rings. The third-order valence-electron chi connectivity index (χ3n) is 8.72. The average molecular weight is 530 g/mol. The van der Waals surface area contributed by atoms with E-state index in [0.29, 0.717) is 31.2 Å². The van der Waals surface area contributed by atoms with E-state index in [9.17, 15) is 36.2 Å². The smallest absolute Gasteiger partial charge is 0.420 e. The summed E-state index contributed by atoms with van der Waals surface area (Å²) >= 11 is 0. The summed E-state index contributed by atoms with van der Waals surface area (Å²) in [5.74, 6) is -2.56. The van der Waals surface area contributed by atoms with Crippen molar-refractivity contribution in [2.75, 3.05) is 0 Å². The van der Waals surface area contributed by atoms with E-state index in [4.69, 9.17) is 4.74 Å². The summed E-state index contributed by atoms with van der Waals surface area (Å²) in [6.45, 7) is 0.410. The zero-order valence-electron chi connectivity index (χ0n) is 20.1. The highest BCUT2D eigenvalue weighted by atomic mass is 19.4. The number of alkyl halides is 6. The summed E-state index contributed by atoms with van der Waals surface area (Å²) in [6, 6.07) is 7.51. The number of hydrogen-bond donors (Lipinski definition) is 2. The van der Waals surface area contributed by atoms with Crippen LogP contribution >= 0.6 is 0 Å². The molecular weight excluding hydrogens is 500 g/mol. The molecule has 0 aromatic heterocycles. The van der Waals surface area contributed by atoms with Gasteiger partial charge in [0.1, 0.15) is 11.3 Å². The van der Waals surface area contributed by atoms with Gasteiger partial charge in [0, 0.05) is 12.1 Å². The van der Waals surface area contributed by atoms with Crippen LogP contribution in [0.3, 0.4) is 0 Å². The van der Waals surface area contributed by atoms with Gasteiger partial charge in [0.2, 0.25) is 0 Å². The maximum atomic E-state index is 14.1. The lowest BCUT2D eigenvalue weighted by Crippen LogP contribution is -2.40. The summed E-state index contributed by atoms with van der Waals surface area (Å²) in [4.78, 5) is 11.7. The highest BCUT2D eigenvalue weighted by molar-refractivity contribution is 5.89. The van der Waals surface area contributed by atoms with Crippen molar-refractivity contribution < 1.29 is 41.0 Å². The van der Waals surface area contributed by atoms with Gasteiger partial charge in [-0.05, 0) is 86.3 Å². The first-order valence-electron chi connectivity index (χ1n) is 12.7. The van der Waals surface area contributed by atoms with Crippen molar-refractivity contribution in [2.45, 2.75) is 88.3 Å². The zero-order valence-corrected chi connectivity index (χ0v) is 20.1. The lowest BCUT2D eigenvalue weighted by Gasteiger charge is -2.31. The van der Waals surface area contributed by atoms with E-state index < -0.39 is 41.3 Å². The van der Waals surface area contributed by atoms with Crippen molar-refractivity contribution in [1.29, 1.82) is 0 Å². The molecule has 3 saturated carbocycles. The van der Waals surface area contributed by atoms with E-state index in [0.717, 1.165) is 18.4 Å². The van der Waals surface area contributed by atoms with Gasteiger partial charge < -0.3 is 15.2 Å². The predicted molar refractivity (Wildman–Crippen MR) is 124 cm³/mol. The number of carbonyl (C=O) groups is 1. The van der Waals surface area contributed by atoms with Crippen LogP contribution in [0.4, 0.5) is 26.3 Å². The number of nitrogens with one attached hydrogen (secondary N) is 1. The second-order valence-electron chi connectivity index (χ2n) is 11.0. The molecule has 10 heteroatoms. The molecule has 4 nitrogen and oxygen atoms in total. The molecule has 3 fully saturated rings. The Bertz CT molecular complexity index is 1180. The minimum atomic E-state index is -4.70. The summed E-state index contributed by atoms with van der Waals surface area (Å²) < 4.78 is 86.8. The van der Waals surface area contributed by atoms with Crippen molar-refractivity contribution in [3.63, 3.8) is 0 Å². The van der Waals surface area contributed by atoms with E-state index >= 15 is 0 Å². The molecule has 37 heavy (non-hydrogen) atoms. The van der Waals surface area contributed by atoms with Crippen LogP contribution in [-0.2, 0) is 17.5 Å². The van der Waals surface area contributed by atoms with Crippen molar-refractivity contribution in [3.05, 3.63) is 41.5 Å². The maximum Gasteiger partial charge on any atom is 0.420 e. The molecule has 0 aliphatic heterocycles. The fraction of sp³-hybridized carbons (Fsp3) is 0.593. The van der Waals surface area contributed by atoms with Gasteiger partial charge in [0.15, 0.2) is 0 Å². The van der Waals surface area contributed by atoms with E-state index in [1.165, 1.54) is 12.1 Å². The van der Waals surface area contributed by atoms with Crippen LogP contribution < -0.4 is 10.1 Å². The first-order valence-corrected chi connectivity index (χ1v) is 12.7. The van der Waals surface area contributed by atoms with Gasteiger partial charge in [-0.25, -0.2) is 0 Å². The Kier molecular flexibility index (Phi) is 6.40. The minimum Gasteiger partial charge on any atom is -0.490 e. The average Bonchev–Trinajstić information content (AvgIpc) is 3.40. The third-order valence-corrected chi connectivity index (χ3v) is 8.72. The Morgan fingerprint density at radius 3 is 2.22 bits per heavy atom. The number of carboxylic acid groups (broad SMARTS) is 1.